The van der Waals surface area contributed by atoms with Gasteiger partial charge in [0.25, 0.3) is 0 Å². The summed E-state index contributed by atoms with van der Waals surface area (Å²) in [7, 11) is -3.91. The minimum absolute atomic E-state index is 0.0694. The van der Waals surface area contributed by atoms with Crippen LogP contribution in [0.15, 0.2) is 90.0 Å². The Morgan fingerprint density at radius 3 is 2.35 bits per heavy atom. The Kier molecular flexibility index (Phi) is 6.84. The number of fused-ring (bicyclic) bond motifs is 1. The van der Waals surface area contributed by atoms with Gasteiger partial charge in [-0.15, -0.1) is 0 Å². The summed E-state index contributed by atoms with van der Waals surface area (Å²) in [4.78, 5) is 10.9. The molecule has 10 nitrogen and oxygen atoms in total. The van der Waals surface area contributed by atoms with Crippen LogP contribution in [-0.2, 0) is 21.3 Å². The molecule has 11 heteroatoms. The number of nitrogen functional groups attached to an aromatic ring is 2. The number of ether oxygens (including phenoxy) is 1. The molecule has 3 heterocycles. The highest BCUT2D eigenvalue weighted by Gasteiger charge is 2.20. The molecule has 0 amide bonds. The maximum Gasteiger partial charge on any atom is 0.244 e. The third kappa shape index (κ3) is 5.09. The number of imidazole rings is 1. The number of anilines is 3. The fourth-order valence-corrected chi connectivity index (χ4v) is 5.98. The molecule has 3 aromatic carbocycles. The average Bonchev–Trinajstić information content (AvgIpc) is 3.32. The number of pyridine rings is 1. The molecule has 0 aliphatic carbocycles. The van der Waals surface area contributed by atoms with Crippen LogP contribution in [0.4, 0.5) is 17.5 Å². The van der Waals surface area contributed by atoms with E-state index in [1.807, 2.05) is 65.2 Å². The molecule has 2 aromatic heterocycles. The lowest BCUT2D eigenvalue weighted by Crippen LogP contribution is -2.36. The number of rotatable bonds is 7. The third-order valence-electron chi connectivity index (χ3n) is 6.98. The van der Waals surface area contributed by atoms with Crippen LogP contribution in [-0.4, -0.2) is 49.3 Å². The van der Waals surface area contributed by atoms with E-state index >= 15 is 0 Å². The Morgan fingerprint density at radius 2 is 1.60 bits per heavy atom. The Hall–Kier alpha value is -4.45. The lowest BCUT2D eigenvalue weighted by Gasteiger charge is -2.29. The molecule has 1 fully saturated rings. The van der Waals surface area contributed by atoms with E-state index < -0.39 is 10.0 Å². The molecular formula is C29H29N7O3S. The number of hydrogen-bond acceptors (Lipinski definition) is 8. The van der Waals surface area contributed by atoms with Gasteiger partial charge in [0.1, 0.15) is 10.7 Å². The lowest BCUT2D eigenvalue weighted by molar-refractivity contribution is 0.122. The molecule has 5 aromatic rings. The van der Waals surface area contributed by atoms with E-state index in [1.165, 1.54) is 6.07 Å². The highest BCUT2D eigenvalue weighted by molar-refractivity contribution is 7.89. The predicted molar refractivity (Wildman–Crippen MR) is 157 cm³/mol. The minimum Gasteiger partial charge on any atom is -0.383 e. The molecule has 204 valence electrons. The van der Waals surface area contributed by atoms with Crippen molar-refractivity contribution < 1.29 is 13.2 Å². The summed E-state index contributed by atoms with van der Waals surface area (Å²) >= 11 is 0. The number of nitrogens with one attached hydrogen (secondary N) is 1. The fraction of sp³-hybridized carbons (Fsp3) is 0.172. The van der Waals surface area contributed by atoms with Crippen molar-refractivity contribution >= 4 is 38.5 Å². The van der Waals surface area contributed by atoms with Gasteiger partial charge < -0.3 is 21.1 Å². The summed E-state index contributed by atoms with van der Waals surface area (Å²) in [5.41, 5.74) is 18.1. The van der Waals surface area contributed by atoms with Crippen molar-refractivity contribution in [2.24, 2.45) is 0 Å². The van der Waals surface area contributed by atoms with Gasteiger partial charge in [0.15, 0.2) is 0 Å². The molecule has 1 aliphatic heterocycles. The predicted octanol–water partition coefficient (Wildman–Crippen LogP) is 3.57. The number of hydrogen-bond donors (Lipinski definition) is 3. The maximum absolute atomic E-state index is 13.1. The summed E-state index contributed by atoms with van der Waals surface area (Å²) in [6, 6.07) is 24.6. The lowest BCUT2D eigenvalue weighted by atomic mass is 10.1. The topological polar surface area (TPSA) is 141 Å². The van der Waals surface area contributed by atoms with Crippen molar-refractivity contribution in [3.05, 3.63) is 90.6 Å². The molecule has 0 radical (unpaired) electrons. The fourth-order valence-electron chi connectivity index (χ4n) is 4.86. The molecule has 1 saturated heterocycles. The average molecular weight is 556 g/mol. The molecule has 0 bridgehead atoms. The Bertz CT molecular complexity index is 1770. The number of sulfonamides is 1. The Labute approximate surface area is 232 Å². The molecule has 0 spiro atoms. The van der Waals surface area contributed by atoms with E-state index in [0.29, 0.717) is 11.5 Å². The monoisotopic (exact) mass is 555 g/mol. The molecular weight excluding hydrogens is 526 g/mol. The van der Waals surface area contributed by atoms with Gasteiger partial charge in [0.05, 0.1) is 24.2 Å². The number of morpholine rings is 1. The zero-order valence-corrected chi connectivity index (χ0v) is 22.5. The minimum atomic E-state index is -3.91. The van der Waals surface area contributed by atoms with E-state index in [-0.39, 0.29) is 17.3 Å². The van der Waals surface area contributed by atoms with Gasteiger partial charge in [-0.2, -0.15) is 0 Å². The molecule has 1 aliphatic rings. The van der Waals surface area contributed by atoms with Crippen molar-refractivity contribution in [3.63, 3.8) is 0 Å². The van der Waals surface area contributed by atoms with E-state index in [9.17, 15) is 8.42 Å². The van der Waals surface area contributed by atoms with Crippen LogP contribution >= 0.6 is 0 Å². The van der Waals surface area contributed by atoms with E-state index in [0.717, 1.165) is 59.8 Å². The maximum atomic E-state index is 13.1. The number of benzene rings is 3. The number of nitrogens with two attached hydrogens (primary N) is 2. The van der Waals surface area contributed by atoms with E-state index in [2.05, 4.69) is 31.7 Å². The second-order valence-electron chi connectivity index (χ2n) is 9.54. The van der Waals surface area contributed by atoms with Crippen molar-refractivity contribution in [3.8, 4) is 16.8 Å². The third-order valence-corrected chi connectivity index (χ3v) is 8.41. The quantitative estimate of drug-likeness (QED) is 0.277. The van der Waals surface area contributed by atoms with Crippen LogP contribution in [0.2, 0.25) is 0 Å². The molecule has 0 atom stereocenters. The largest absolute Gasteiger partial charge is 0.383 e. The Morgan fingerprint density at radius 1 is 0.875 bits per heavy atom. The summed E-state index contributed by atoms with van der Waals surface area (Å²) in [6.45, 7) is 3.29. The number of aromatic nitrogens is 3. The van der Waals surface area contributed by atoms with Crippen LogP contribution < -0.4 is 21.1 Å². The van der Waals surface area contributed by atoms with Gasteiger partial charge in [0.2, 0.25) is 16.0 Å². The van der Waals surface area contributed by atoms with Gasteiger partial charge >= 0.3 is 0 Å². The molecule has 0 saturated carbocycles. The van der Waals surface area contributed by atoms with Gasteiger partial charge in [0, 0.05) is 42.8 Å². The molecule has 40 heavy (non-hydrogen) atoms. The zero-order chi connectivity index (χ0) is 27.7. The normalized spacial score (nSPS) is 14.1. The highest BCUT2D eigenvalue weighted by atomic mass is 32.2. The summed E-state index contributed by atoms with van der Waals surface area (Å²) in [5.74, 6) is 0.287. The smallest absolute Gasteiger partial charge is 0.244 e. The van der Waals surface area contributed by atoms with Gasteiger partial charge in [-0.25, -0.2) is 23.1 Å². The second-order valence-corrected chi connectivity index (χ2v) is 11.3. The summed E-state index contributed by atoms with van der Waals surface area (Å²) in [6.07, 6.45) is 1.56. The van der Waals surface area contributed by atoms with Gasteiger partial charge in [-0.1, -0.05) is 36.4 Å². The van der Waals surface area contributed by atoms with Crippen molar-refractivity contribution in [1.82, 2.24) is 19.3 Å². The highest BCUT2D eigenvalue weighted by Crippen LogP contribution is 2.31. The van der Waals surface area contributed by atoms with E-state index in [1.54, 1.807) is 6.20 Å². The van der Waals surface area contributed by atoms with Gasteiger partial charge in [-0.05, 0) is 53.6 Å². The number of nitrogens with zero attached hydrogens (tertiary/aromatic N) is 4. The Balaban J connectivity index is 1.32. The second kappa shape index (κ2) is 10.6. The molecule has 0 unspecified atom stereocenters. The van der Waals surface area contributed by atoms with Crippen LogP contribution in [0.3, 0.4) is 0 Å². The van der Waals surface area contributed by atoms with Crippen molar-refractivity contribution in [1.29, 1.82) is 0 Å². The standard InChI is InChI=1S/C29H29N7O3S/c30-28-27(40(37,38)33-18-20-4-2-1-3-5-20)17-22(19-32-28)21-6-11-25-26(16-21)36(29(31)34-25)24-9-7-23(8-10-24)35-12-14-39-15-13-35/h1-11,16-17,19,33H,12-15,18H2,(H2,30,32)(H2,31,34). The van der Waals surface area contributed by atoms with E-state index in [4.69, 9.17) is 16.2 Å². The first kappa shape index (κ1) is 25.8. The van der Waals surface area contributed by atoms with Crippen molar-refractivity contribution in [2.45, 2.75) is 11.4 Å². The first-order valence-corrected chi connectivity index (χ1v) is 14.4. The van der Waals surface area contributed by atoms with Crippen molar-refractivity contribution in [2.75, 3.05) is 42.7 Å². The van der Waals surface area contributed by atoms with Crippen LogP contribution in [0.1, 0.15) is 5.56 Å². The molecule has 5 N–H and O–H groups in total. The van der Waals surface area contributed by atoms with Crippen LogP contribution in [0.25, 0.3) is 27.8 Å². The van der Waals surface area contributed by atoms with Crippen LogP contribution in [0, 0.1) is 0 Å². The zero-order valence-electron chi connectivity index (χ0n) is 21.7. The summed E-state index contributed by atoms with van der Waals surface area (Å²) < 4.78 is 36.2. The first-order valence-electron chi connectivity index (χ1n) is 12.9. The molecule has 6 rings (SSSR count). The van der Waals surface area contributed by atoms with Crippen LogP contribution in [0.5, 0.6) is 0 Å². The summed E-state index contributed by atoms with van der Waals surface area (Å²) in [5, 5.41) is 0. The SMILES string of the molecule is Nc1ncc(-c2ccc3nc(N)n(-c4ccc(N5CCOCC5)cc4)c3c2)cc1S(=O)(=O)NCc1ccccc1. The van der Waals surface area contributed by atoms with Gasteiger partial charge in [-0.3, -0.25) is 4.57 Å². The first-order chi connectivity index (χ1) is 19.4.